The Kier molecular flexibility index (Phi) is 5.33. The van der Waals surface area contributed by atoms with Crippen molar-refractivity contribution in [2.75, 3.05) is 31.5 Å². The SMILES string of the molecule is CCC1CCN(CCNc2cccc(Cl)c2)CC1. The van der Waals surface area contributed by atoms with Crippen LogP contribution in [0.4, 0.5) is 5.69 Å². The van der Waals surface area contributed by atoms with Crippen molar-refractivity contribution in [2.45, 2.75) is 26.2 Å². The van der Waals surface area contributed by atoms with Gasteiger partial charge >= 0.3 is 0 Å². The number of hydrogen-bond donors (Lipinski definition) is 1. The number of piperidine rings is 1. The summed E-state index contributed by atoms with van der Waals surface area (Å²) >= 11 is 5.95. The number of hydrogen-bond acceptors (Lipinski definition) is 2. The van der Waals surface area contributed by atoms with E-state index in [1.807, 2.05) is 18.2 Å². The molecule has 2 rings (SSSR count). The maximum atomic E-state index is 5.95. The highest BCUT2D eigenvalue weighted by molar-refractivity contribution is 6.30. The Morgan fingerprint density at radius 3 is 2.78 bits per heavy atom. The van der Waals surface area contributed by atoms with Gasteiger partial charge in [-0.25, -0.2) is 0 Å². The summed E-state index contributed by atoms with van der Waals surface area (Å²) in [6.45, 7) is 6.95. The third-order valence-corrected chi connectivity index (χ3v) is 4.10. The number of benzene rings is 1. The van der Waals surface area contributed by atoms with Gasteiger partial charge in [-0.2, -0.15) is 0 Å². The van der Waals surface area contributed by atoms with Gasteiger partial charge in [0.15, 0.2) is 0 Å². The molecule has 2 nitrogen and oxygen atoms in total. The van der Waals surface area contributed by atoms with Crippen LogP contribution in [-0.4, -0.2) is 31.1 Å². The van der Waals surface area contributed by atoms with Crippen LogP contribution >= 0.6 is 11.6 Å². The van der Waals surface area contributed by atoms with Gasteiger partial charge in [0.05, 0.1) is 0 Å². The van der Waals surface area contributed by atoms with Gasteiger partial charge < -0.3 is 10.2 Å². The number of nitrogens with one attached hydrogen (secondary N) is 1. The van der Waals surface area contributed by atoms with Gasteiger partial charge in [0.1, 0.15) is 0 Å². The average Bonchev–Trinajstić information content (AvgIpc) is 2.40. The lowest BCUT2D eigenvalue weighted by Crippen LogP contribution is -2.36. The molecule has 0 bridgehead atoms. The van der Waals surface area contributed by atoms with Crippen molar-refractivity contribution in [3.63, 3.8) is 0 Å². The summed E-state index contributed by atoms with van der Waals surface area (Å²) in [6, 6.07) is 7.93. The Labute approximate surface area is 115 Å². The highest BCUT2D eigenvalue weighted by Gasteiger charge is 2.16. The van der Waals surface area contributed by atoms with Crippen molar-refractivity contribution in [3.05, 3.63) is 29.3 Å². The van der Waals surface area contributed by atoms with Gasteiger partial charge in [-0.05, 0) is 50.0 Å². The van der Waals surface area contributed by atoms with Crippen molar-refractivity contribution >= 4 is 17.3 Å². The van der Waals surface area contributed by atoms with E-state index >= 15 is 0 Å². The van der Waals surface area contributed by atoms with Crippen LogP contribution in [0.1, 0.15) is 26.2 Å². The van der Waals surface area contributed by atoms with Gasteiger partial charge in [-0.1, -0.05) is 31.0 Å². The number of likely N-dealkylation sites (tertiary alicyclic amines) is 1. The maximum Gasteiger partial charge on any atom is 0.0426 e. The molecule has 0 aliphatic carbocycles. The minimum atomic E-state index is 0.795. The Morgan fingerprint density at radius 2 is 2.11 bits per heavy atom. The summed E-state index contributed by atoms with van der Waals surface area (Å²) in [5.74, 6) is 0.960. The highest BCUT2D eigenvalue weighted by Crippen LogP contribution is 2.19. The predicted molar refractivity (Wildman–Crippen MR) is 79.4 cm³/mol. The second kappa shape index (κ2) is 7.01. The number of halogens is 1. The summed E-state index contributed by atoms with van der Waals surface area (Å²) < 4.78 is 0. The molecule has 100 valence electrons. The molecule has 1 heterocycles. The zero-order valence-electron chi connectivity index (χ0n) is 11.2. The van der Waals surface area contributed by atoms with Crippen LogP contribution in [-0.2, 0) is 0 Å². The van der Waals surface area contributed by atoms with Crippen molar-refractivity contribution < 1.29 is 0 Å². The van der Waals surface area contributed by atoms with E-state index in [2.05, 4.69) is 23.2 Å². The Bertz CT molecular complexity index is 359. The Hall–Kier alpha value is -0.730. The molecule has 3 heteroatoms. The number of anilines is 1. The molecule has 1 aliphatic heterocycles. The van der Waals surface area contributed by atoms with Crippen LogP contribution in [0.25, 0.3) is 0 Å². The van der Waals surface area contributed by atoms with E-state index in [0.717, 1.165) is 29.7 Å². The fourth-order valence-electron chi connectivity index (χ4n) is 2.58. The predicted octanol–water partition coefficient (Wildman–Crippen LogP) is 3.87. The summed E-state index contributed by atoms with van der Waals surface area (Å²) in [7, 11) is 0. The van der Waals surface area contributed by atoms with Gasteiger partial charge in [0.2, 0.25) is 0 Å². The van der Waals surface area contributed by atoms with E-state index in [1.54, 1.807) is 0 Å². The molecule has 0 unspecified atom stereocenters. The second-order valence-electron chi connectivity index (χ2n) is 5.13. The normalized spacial score (nSPS) is 17.9. The summed E-state index contributed by atoms with van der Waals surface area (Å²) in [5.41, 5.74) is 1.12. The van der Waals surface area contributed by atoms with Crippen LogP contribution in [0.2, 0.25) is 5.02 Å². The van der Waals surface area contributed by atoms with Gasteiger partial charge in [0, 0.05) is 23.8 Å². The minimum absolute atomic E-state index is 0.795. The Morgan fingerprint density at radius 1 is 1.33 bits per heavy atom. The first-order valence-electron chi connectivity index (χ1n) is 6.99. The van der Waals surface area contributed by atoms with Crippen LogP contribution < -0.4 is 5.32 Å². The molecule has 0 spiro atoms. The number of rotatable bonds is 5. The van der Waals surface area contributed by atoms with Crippen molar-refractivity contribution in [1.82, 2.24) is 4.90 Å². The summed E-state index contributed by atoms with van der Waals surface area (Å²) in [5, 5.41) is 4.23. The van der Waals surface area contributed by atoms with Crippen LogP contribution in [0.15, 0.2) is 24.3 Å². The molecule has 1 aromatic rings. The third-order valence-electron chi connectivity index (χ3n) is 3.87. The molecule has 18 heavy (non-hydrogen) atoms. The first-order chi connectivity index (χ1) is 8.78. The minimum Gasteiger partial charge on any atom is -0.384 e. The molecular weight excluding hydrogens is 244 g/mol. The van der Waals surface area contributed by atoms with Crippen LogP contribution in [0, 0.1) is 5.92 Å². The van der Waals surface area contributed by atoms with Crippen molar-refractivity contribution in [2.24, 2.45) is 5.92 Å². The lowest BCUT2D eigenvalue weighted by molar-refractivity contribution is 0.188. The van der Waals surface area contributed by atoms with E-state index in [4.69, 9.17) is 11.6 Å². The lowest BCUT2D eigenvalue weighted by Gasteiger charge is -2.31. The zero-order chi connectivity index (χ0) is 12.8. The smallest absolute Gasteiger partial charge is 0.0426 e. The first kappa shape index (κ1) is 13.7. The van der Waals surface area contributed by atoms with E-state index < -0.39 is 0 Å². The van der Waals surface area contributed by atoms with E-state index in [9.17, 15) is 0 Å². The van der Waals surface area contributed by atoms with E-state index in [1.165, 1.54) is 32.4 Å². The van der Waals surface area contributed by atoms with E-state index in [0.29, 0.717) is 0 Å². The first-order valence-corrected chi connectivity index (χ1v) is 7.37. The molecule has 1 fully saturated rings. The van der Waals surface area contributed by atoms with Gasteiger partial charge in [-0.15, -0.1) is 0 Å². The van der Waals surface area contributed by atoms with E-state index in [-0.39, 0.29) is 0 Å². The van der Waals surface area contributed by atoms with Crippen molar-refractivity contribution in [1.29, 1.82) is 0 Å². The average molecular weight is 267 g/mol. The highest BCUT2D eigenvalue weighted by atomic mass is 35.5. The largest absolute Gasteiger partial charge is 0.384 e. The second-order valence-corrected chi connectivity index (χ2v) is 5.57. The molecule has 1 aliphatic rings. The molecule has 0 amide bonds. The lowest BCUT2D eigenvalue weighted by atomic mass is 9.94. The molecule has 0 saturated carbocycles. The molecule has 0 aromatic heterocycles. The molecule has 0 radical (unpaired) electrons. The molecule has 0 atom stereocenters. The van der Waals surface area contributed by atoms with Crippen LogP contribution in [0.5, 0.6) is 0 Å². The maximum absolute atomic E-state index is 5.95. The Balaban J connectivity index is 1.67. The fourth-order valence-corrected chi connectivity index (χ4v) is 2.77. The summed E-state index contributed by atoms with van der Waals surface area (Å²) in [4.78, 5) is 2.56. The van der Waals surface area contributed by atoms with Crippen LogP contribution in [0.3, 0.4) is 0 Å². The third kappa shape index (κ3) is 4.18. The van der Waals surface area contributed by atoms with Gasteiger partial charge in [0.25, 0.3) is 0 Å². The summed E-state index contributed by atoms with van der Waals surface area (Å²) in [6.07, 6.45) is 4.08. The monoisotopic (exact) mass is 266 g/mol. The molecular formula is C15H23ClN2. The topological polar surface area (TPSA) is 15.3 Å². The molecule has 1 aromatic carbocycles. The van der Waals surface area contributed by atoms with Crippen molar-refractivity contribution in [3.8, 4) is 0 Å². The van der Waals surface area contributed by atoms with Gasteiger partial charge in [-0.3, -0.25) is 0 Å². The quantitative estimate of drug-likeness (QED) is 0.870. The molecule has 1 saturated heterocycles. The zero-order valence-corrected chi connectivity index (χ0v) is 11.9. The fraction of sp³-hybridized carbons (Fsp3) is 0.600. The standard InChI is InChI=1S/C15H23ClN2/c1-2-13-6-9-18(10-7-13)11-8-17-15-5-3-4-14(16)12-15/h3-5,12-13,17H,2,6-11H2,1H3. The molecule has 1 N–H and O–H groups in total. The number of nitrogens with zero attached hydrogens (tertiary/aromatic N) is 1.